The summed E-state index contributed by atoms with van der Waals surface area (Å²) in [6.07, 6.45) is 1.75. The molecule has 3 heterocycles. The fourth-order valence-corrected chi connectivity index (χ4v) is 4.06. The maximum atomic E-state index is 12.6. The van der Waals surface area contributed by atoms with Crippen molar-refractivity contribution < 1.29 is 18.4 Å². The Morgan fingerprint density at radius 2 is 2.03 bits per heavy atom. The van der Waals surface area contributed by atoms with Gasteiger partial charge in [0.1, 0.15) is 16.9 Å². The van der Waals surface area contributed by atoms with Gasteiger partial charge in [-0.3, -0.25) is 4.79 Å². The number of thiazole rings is 1. The molecule has 0 fully saturated rings. The molecule has 29 heavy (non-hydrogen) atoms. The monoisotopic (exact) mass is 404 g/mol. The Morgan fingerprint density at radius 1 is 1.14 bits per heavy atom. The maximum absolute atomic E-state index is 12.6. The lowest BCUT2D eigenvalue weighted by atomic mass is 10.1. The highest BCUT2D eigenvalue weighted by Gasteiger charge is 2.15. The summed E-state index contributed by atoms with van der Waals surface area (Å²) >= 11 is 1.44. The number of hydrogen-bond donors (Lipinski definition) is 1. The molecular formula is C22H16N2O4S. The van der Waals surface area contributed by atoms with Gasteiger partial charge in [-0.25, -0.2) is 4.98 Å². The van der Waals surface area contributed by atoms with Gasteiger partial charge in [0.2, 0.25) is 5.91 Å². The van der Waals surface area contributed by atoms with E-state index in [4.69, 9.17) is 13.6 Å². The smallest absolute Gasteiger partial charge is 0.230 e. The fraction of sp³-hybridized carbons (Fsp3) is 0.0909. The van der Waals surface area contributed by atoms with E-state index >= 15 is 0 Å². The van der Waals surface area contributed by atoms with Crippen molar-refractivity contribution in [3.63, 3.8) is 0 Å². The van der Waals surface area contributed by atoms with Gasteiger partial charge >= 0.3 is 0 Å². The average Bonchev–Trinajstić information content (AvgIpc) is 3.46. The molecule has 0 aliphatic rings. The van der Waals surface area contributed by atoms with Gasteiger partial charge in [-0.2, -0.15) is 0 Å². The zero-order chi connectivity index (χ0) is 19.8. The number of furan rings is 2. The number of benzene rings is 2. The van der Waals surface area contributed by atoms with Crippen LogP contribution in [0.2, 0.25) is 0 Å². The summed E-state index contributed by atoms with van der Waals surface area (Å²) in [5.41, 5.74) is 2.73. The molecule has 5 rings (SSSR count). The van der Waals surface area contributed by atoms with Crippen LogP contribution in [0.1, 0.15) is 5.69 Å². The Balaban J connectivity index is 1.40. The molecule has 1 amide bonds. The summed E-state index contributed by atoms with van der Waals surface area (Å²) in [5.74, 6) is 1.08. The molecule has 6 nitrogen and oxygen atoms in total. The number of nitrogens with one attached hydrogen (secondary N) is 1. The van der Waals surface area contributed by atoms with Crippen molar-refractivity contribution in [2.75, 3.05) is 12.4 Å². The van der Waals surface area contributed by atoms with E-state index in [1.165, 1.54) is 11.3 Å². The molecule has 0 aliphatic carbocycles. The van der Waals surface area contributed by atoms with Crippen LogP contribution in [0, 0.1) is 0 Å². The van der Waals surface area contributed by atoms with Crippen molar-refractivity contribution in [2.45, 2.75) is 6.42 Å². The van der Waals surface area contributed by atoms with E-state index in [0.29, 0.717) is 28.5 Å². The lowest BCUT2D eigenvalue weighted by Crippen LogP contribution is -2.15. The van der Waals surface area contributed by atoms with Crippen LogP contribution in [-0.4, -0.2) is 18.0 Å². The number of fused-ring (bicyclic) bond motifs is 3. The molecule has 7 heteroatoms. The third-order valence-corrected chi connectivity index (χ3v) is 5.50. The van der Waals surface area contributed by atoms with Crippen molar-refractivity contribution in [2.24, 2.45) is 0 Å². The first-order valence-corrected chi connectivity index (χ1v) is 9.86. The van der Waals surface area contributed by atoms with Crippen LogP contribution >= 0.6 is 11.3 Å². The molecule has 2 aromatic carbocycles. The summed E-state index contributed by atoms with van der Waals surface area (Å²) in [4.78, 5) is 17.1. The van der Waals surface area contributed by atoms with Crippen LogP contribution in [0.4, 0.5) is 5.69 Å². The summed E-state index contributed by atoms with van der Waals surface area (Å²) < 4.78 is 16.8. The van der Waals surface area contributed by atoms with E-state index < -0.39 is 0 Å². The van der Waals surface area contributed by atoms with E-state index in [2.05, 4.69) is 10.3 Å². The molecule has 0 saturated heterocycles. The van der Waals surface area contributed by atoms with Gasteiger partial charge < -0.3 is 18.9 Å². The number of carbonyl (C=O) groups excluding carboxylic acids is 1. The number of nitrogens with zero attached hydrogens (tertiary/aromatic N) is 1. The summed E-state index contributed by atoms with van der Waals surface area (Å²) in [6, 6.07) is 15.1. The first-order valence-electron chi connectivity index (χ1n) is 8.98. The van der Waals surface area contributed by atoms with Crippen molar-refractivity contribution in [3.8, 4) is 16.5 Å². The highest BCUT2D eigenvalue weighted by atomic mass is 32.1. The van der Waals surface area contributed by atoms with Gasteiger partial charge in [-0.1, -0.05) is 18.2 Å². The Morgan fingerprint density at radius 3 is 2.86 bits per heavy atom. The minimum Gasteiger partial charge on any atom is -0.495 e. The molecule has 0 spiro atoms. The molecule has 0 atom stereocenters. The predicted molar refractivity (Wildman–Crippen MR) is 112 cm³/mol. The molecule has 3 aromatic heterocycles. The van der Waals surface area contributed by atoms with Gasteiger partial charge in [0.05, 0.1) is 31.2 Å². The van der Waals surface area contributed by atoms with E-state index in [9.17, 15) is 4.79 Å². The lowest BCUT2D eigenvalue weighted by Gasteiger charge is -2.10. The number of rotatable bonds is 5. The number of aromatic nitrogens is 1. The van der Waals surface area contributed by atoms with Gasteiger partial charge in [-0.05, 0) is 24.3 Å². The van der Waals surface area contributed by atoms with Crippen molar-refractivity contribution in [1.82, 2.24) is 4.98 Å². The number of anilines is 1. The summed E-state index contributed by atoms with van der Waals surface area (Å²) in [6.45, 7) is 0. The molecule has 0 unspecified atom stereocenters. The number of carbonyl (C=O) groups is 1. The summed E-state index contributed by atoms with van der Waals surface area (Å²) in [7, 11) is 1.58. The Kier molecular flexibility index (Phi) is 4.29. The minimum absolute atomic E-state index is 0.151. The summed E-state index contributed by atoms with van der Waals surface area (Å²) in [5, 5.41) is 7.46. The largest absolute Gasteiger partial charge is 0.495 e. The van der Waals surface area contributed by atoms with Crippen molar-refractivity contribution >= 4 is 44.9 Å². The quantitative estimate of drug-likeness (QED) is 0.419. The van der Waals surface area contributed by atoms with Crippen LogP contribution in [0.3, 0.4) is 0 Å². The third kappa shape index (κ3) is 3.25. The molecule has 144 valence electrons. The SMILES string of the molecule is COc1cc2c(cc1NC(=O)Cc1csc(-c3ccco3)n1)oc1ccccc12. The van der Waals surface area contributed by atoms with Crippen LogP contribution in [0.25, 0.3) is 32.7 Å². The van der Waals surface area contributed by atoms with E-state index in [1.807, 2.05) is 47.8 Å². The topological polar surface area (TPSA) is 77.5 Å². The van der Waals surface area contributed by atoms with Crippen LogP contribution in [-0.2, 0) is 11.2 Å². The normalized spacial score (nSPS) is 11.2. The molecule has 0 aliphatic heterocycles. The van der Waals surface area contributed by atoms with Crippen molar-refractivity contribution in [3.05, 3.63) is 65.9 Å². The van der Waals surface area contributed by atoms with Gasteiger partial charge in [-0.15, -0.1) is 11.3 Å². The van der Waals surface area contributed by atoms with Gasteiger partial charge in [0, 0.05) is 22.2 Å². The number of para-hydroxylation sites is 1. The minimum atomic E-state index is -0.185. The Labute approximate surface area is 169 Å². The highest BCUT2D eigenvalue weighted by molar-refractivity contribution is 7.13. The standard InChI is InChI=1S/C22H16N2O4S/c1-26-20-10-15-14-5-2-3-6-17(14)28-19(15)11-16(20)24-21(25)9-13-12-29-22(23-13)18-7-4-8-27-18/h2-8,10-12H,9H2,1H3,(H,24,25). The second-order valence-electron chi connectivity index (χ2n) is 6.49. The average molecular weight is 404 g/mol. The molecule has 0 bridgehead atoms. The van der Waals surface area contributed by atoms with Gasteiger partial charge in [0.25, 0.3) is 0 Å². The van der Waals surface area contributed by atoms with Crippen LogP contribution in [0.5, 0.6) is 5.75 Å². The van der Waals surface area contributed by atoms with Gasteiger partial charge in [0.15, 0.2) is 10.8 Å². The number of hydrogen-bond acceptors (Lipinski definition) is 6. The van der Waals surface area contributed by atoms with E-state index in [1.54, 1.807) is 19.4 Å². The third-order valence-electron chi connectivity index (χ3n) is 4.60. The zero-order valence-electron chi connectivity index (χ0n) is 15.5. The first kappa shape index (κ1) is 17.5. The van der Waals surface area contributed by atoms with Crippen LogP contribution in [0.15, 0.2) is 69.0 Å². The molecule has 5 aromatic rings. The molecule has 0 saturated carbocycles. The van der Waals surface area contributed by atoms with E-state index in [-0.39, 0.29) is 12.3 Å². The highest BCUT2D eigenvalue weighted by Crippen LogP contribution is 2.36. The first-order chi connectivity index (χ1) is 14.2. The Hall–Kier alpha value is -3.58. The van der Waals surface area contributed by atoms with Crippen LogP contribution < -0.4 is 10.1 Å². The van der Waals surface area contributed by atoms with E-state index in [0.717, 1.165) is 21.4 Å². The number of ether oxygens (including phenoxy) is 1. The molecule has 1 N–H and O–H groups in total. The number of methoxy groups -OCH3 is 1. The fourth-order valence-electron chi connectivity index (χ4n) is 3.28. The molecule has 0 radical (unpaired) electrons. The second-order valence-corrected chi connectivity index (χ2v) is 7.35. The molecular weight excluding hydrogens is 388 g/mol. The van der Waals surface area contributed by atoms with Crippen molar-refractivity contribution in [1.29, 1.82) is 0 Å². The Bertz CT molecular complexity index is 1320. The lowest BCUT2D eigenvalue weighted by molar-refractivity contribution is -0.115. The number of amides is 1. The zero-order valence-corrected chi connectivity index (χ0v) is 16.3. The predicted octanol–water partition coefficient (Wildman–Crippen LogP) is 5.49. The maximum Gasteiger partial charge on any atom is 0.230 e. The second kappa shape index (κ2) is 7.10.